The molecule has 8 heteroatoms. The Bertz CT molecular complexity index is 1460. The highest BCUT2D eigenvalue weighted by atomic mass is 16.6. The molecule has 0 fully saturated rings. The van der Waals surface area contributed by atoms with Crippen LogP contribution in [0.25, 0.3) is 12.2 Å². The zero-order chi connectivity index (χ0) is 25.7. The Morgan fingerprint density at radius 2 is 1.11 bits per heavy atom. The molecular formula is C28H22O8. The molecule has 5 rings (SSSR count). The summed E-state index contributed by atoms with van der Waals surface area (Å²) in [5.74, 6) is -3.43. The molecule has 0 saturated heterocycles. The molecule has 4 aromatic rings. The smallest absolute Gasteiger partial charge is 0.272 e. The van der Waals surface area contributed by atoms with E-state index in [1.54, 1.807) is 24.3 Å². The number of phenols is 5. The molecule has 36 heavy (non-hydrogen) atoms. The molecule has 182 valence electrons. The molecule has 0 radical (unpaired) electrons. The second-order valence-corrected chi connectivity index (χ2v) is 8.57. The summed E-state index contributed by atoms with van der Waals surface area (Å²) in [5, 5.41) is 74.2. The monoisotopic (exact) mass is 486 g/mol. The van der Waals surface area contributed by atoms with Crippen molar-refractivity contribution in [2.75, 3.05) is 0 Å². The fourth-order valence-electron chi connectivity index (χ4n) is 4.49. The SMILES string of the molecule is Oc1ccc(C=Cc2cc(O)cc3c2C(O)(c2cc(O)cc(O)c2)C(O)(c2ccc(O)cc2)O3)cc1. The highest BCUT2D eigenvalue weighted by Gasteiger charge is 2.62. The van der Waals surface area contributed by atoms with E-state index < -0.39 is 11.4 Å². The third-order valence-electron chi connectivity index (χ3n) is 6.15. The lowest BCUT2D eigenvalue weighted by molar-refractivity contribution is -0.236. The molecule has 0 saturated carbocycles. The van der Waals surface area contributed by atoms with Crippen molar-refractivity contribution in [1.29, 1.82) is 0 Å². The number of fused-ring (bicyclic) bond motifs is 1. The average Bonchev–Trinajstić information content (AvgIpc) is 3.06. The number of ether oxygens (including phenoxy) is 1. The summed E-state index contributed by atoms with van der Waals surface area (Å²) >= 11 is 0. The maximum atomic E-state index is 12.3. The zero-order valence-electron chi connectivity index (χ0n) is 18.7. The normalized spacial score (nSPS) is 20.8. The van der Waals surface area contributed by atoms with Crippen LogP contribution in [0.2, 0.25) is 0 Å². The van der Waals surface area contributed by atoms with Gasteiger partial charge < -0.3 is 40.5 Å². The second kappa shape index (κ2) is 8.23. The van der Waals surface area contributed by atoms with E-state index in [2.05, 4.69) is 0 Å². The van der Waals surface area contributed by atoms with Gasteiger partial charge in [0.1, 0.15) is 34.5 Å². The third kappa shape index (κ3) is 3.65. The first-order chi connectivity index (χ1) is 17.1. The first-order valence-corrected chi connectivity index (χ1v) is 10.9. The van der Waals surface area contributed by atoms with Crippen molar-refractivity contribution in [3.63, 3.8) is 0 Å². The van der Waals surface area contributed by atoms with E-state index in [0.717, 1.165) is 6.07 Å². The highest BCUT2D eigenvalue weighted by molar-refractivity contribution is 5.76. The lowest BCUT2D eigenvalue weighted by atomic mass is 9.76. The predicted octanol–water partition coefficient (Wildman–Crippen LogP) is 3.86. The van der Waals surface area contributed by atoms with E-state index in [4.69, 9.17) is 4.74 Å². The van der Waals surface area contributed by atoms with E-state index in [-0.39, 0.29) is 56.8 Å². The molecule has 0 amide bonds. The van der Waals surface area contributed by atoms with E-state index in [0.29, 0.717) is 5.56 Å². The van der Waals surface area contributed by atoms with Crippen molar-refractivity contribution in [3.8, 4) is 34.5 Å². The van der Waals surface area contributed by atoms with Gasteiger partial charge in [-0.2, -0.15) is 0 Å². The van der Waals surface area contributed by atoms with Gasteiger partial charge in [0.25, 0.3) is 5.79 Å². The predicted molar refractivity (Wildman–Crippen MR) is 131 cm³/mol. The van der Waals surface area contributed by atoms with Gasteiger partial charge in [-0.25, -0.2) is 0 Å². The summed E-state index contributed by atoms with van der Waals surface area (Å²) in [6, 6.07) is 17.7. The highest BCUT2D eigenvalue weighted by Crippen LogP contribution is 2.58. The van der Waals surface area contributed by atoms with Crippen LogP contribution in [0, 0.1) is 0 Å². The molecule has 0 aromatic heterocycles. The molecule has 1 aliphatic heterocycles. The van der Waals surface area contributed by atoms with E-state index in [1.807, 2.05) is 0 Å². The van der Waals surface area contributed by atoms with Crippen molar-refractivity contribution < 1.29 is 40.5 Å². The van der Waals surface area contributed by atoms with E-state index in [1.165, 1.54) is 60.7 Å². The fourth-order valence-corrected chi connectivity index (χ4v) is 4.49. The van der Waals surface area contributed by atoms with Crippen molar-refractivity contribution in [2.45, 2.75) is 11.4 Å². The average molecular weight is 486 g/mol. The van der Waals surface area contributed by atoms with Crippen LogP contribution in [-0.2, 0) is 11.4 Å². The van der Waals surface area contributed by atoms with Gasteiger partial charge in [0.15, 0.2) is 5.60 Å². The topological polar surface area (TPSA) is 151 Å². The van der Waals surface area contributed by atoms with Crippen LogP contribution < -0.4 is 4.74 Å². The van der Waals surface area contributed by atoms with Crippen LogP contribution in [0.4, 0.5) is 0 Å². The van der Waals surface area contributed by atoms with Gasteiger partial charge in [0.2, 0.25) is 0 Å². The number of aromatic hydroxyl groups is 5. The molecular weight excluding hydrogens is 464 g/mol. The van der Waals surface area contributed by atoms with Crippen LogP contribution in [0.1, 0.15) is 27.8 Å². The first kappa shape index (κ1) is 23.1. The van der Waals surface area contributed by atoms with E-state index in [9.17, 15) is 35.7 Å². The van der Waals surface area contributed by atoms with Gasteiger partial charge in [0, 0.05) is 28.8 Å². The van der Waals surface area contributed by atoms with Crippen molar-refractivity contribution in [2.24, 2.45) is 0 Å². The number of aliphatic hydroxyl groups is 2. The van der Waals surface area contributed by atoms with Gasteiger partial charge in [-0.3, -0.25) is 0 Å². The molecule has 1 aliphatic rings. The van der Waals surface area contributed by atoms with Gasteiger partial charge in [-0.05, 0) is 65.7 Å². The maximum Gasteiger partial charge on any atom is 0.272 e. The maximum absolute atomic E-state index is 12.3. The van der Waals surface area contributed by atoms with Gasteiger partial charge in [-0.15, -0.1) is 0 Å². The number of rotatable bonds is 4. The quantitative estimate of drug-likeness (QED) is 0.215. The molecule has 0 aliphatic carbocycles. The van der Waals surface area contributed by atoms with E-state index >= 15 is 0 Å². The zero-order valence-corrected chi connectivity index (χ0v) is 18.7. The van der Waals surface area contributed by atoms with Gasteiger partial charge >= 0.3 is 0 Å². The van der Waals surface area contributed by atoms with Crippen molar-refractivity contribution >= 4 is 12.2 Å². The number of benzene rings is 4. The number of hydrogen-bond donors (Lipinski definition) is 7. The molecule has 7 N–H and O–H groups in total. The lowest BCUT2D eigenvalue weighted by Crippen LogP contribution is -2.50. The van der Waals surface area contributed by atoms with Gasteiger partial charge in [-0.1, -0.05) is 24.3 Å². The molecule has 0 spiro atoms. The van der Waals surface area contributed by atoms with Crippen LogP contribution in [0.5, 0.6) is 34.5 Å². The molecule has 8 nitrogen and oxygen atoms in total. The Labute approximate surface area is 205 Å². The molecule has 4 aromatic carbocycles. The Morgan fingerprint density at radius 3 is 1.72 bits per heavy atom. The Hall–Kier alpha value is -4.66. The molecule has 0 bridgehead atoms. The van der Waals surface area contributed by atoms with Crippen LogP contribution in [0.3, 0.4) is 0 Å². The number of phenolic OH excluding ortho intramolecular Hbond substituents is 5. The summed E-state index contributed by atoms with van der Waals surface area (Å²) in [5.41, 5.74) is -1.36. The van der Waals surface area contributed by atoms with Crippen LogP contribution in [0.15, 0.2) is 78.9 Å². The Morgan fingerprint density at radius 1 is 0.556 bits per heavy atom. The summed E-state index contributed by atoms with van der Waals surface area (Å²) in [4.78, 5) is 0. The first-order valence-electron chi connectivity index (χ1n) is 10.9. The molecule has 2 unspecified atom stereocenters. The van der Waals surface area contributed by atoms with Crippen molar-refractivity contribution in [1.82, 2.24) is 0 Å². The summed E-state index contributed by atoms with van der Waals surface area (Å²) < 4.78 is 5.89. The Balaban J connectivity index is 1.77. The lowest BCUT2D eigenvalue weighted by Gasteiger charge is -2.37. The molecule has 2 atom stereocenters. The van der Waals surface area contributed by atoms with Crippen LogP contribution in [-0.4, -0.2) is 35.7 Å². The van der Waals surface area contributed by atoms with Crippen LogP contribution >= 0.6 is 0 Å². The second-order valence-electron chi connectivity index (χ2n) is 8.57. The van der Waals surface area contributed by atoms with Crippen molar-refractivity contribution in [3.05, 3.63) is 107 Å². The summed E-state index contributed by atoms with van der Waals surface area (Å²) in [6.45, 7) is 0. The standard InChI is InChI=1S/C28H22O8/c29-20-7-2-16(3-8-20)1-4-17-11-22(31)15-25-26(17)27(34,19-12-23(32)14-24(33)13-19)28(35,36-25)18-5-9-21(30)10-6-18/h1-15,29-35H. The minimum atomic E-state index is -2.49. The largest absolute Gasteiger partial charge is 0.508 e. The van der Waals surface area contributed by atoms with Gasteiger partial charge in [0.05, 0.1) is 0 Å². The Kier molecular flexibility index (Phi) is 5.28. The minimum Gasteiger partial charge on any atom is -0.508 e. The summed E-state index contributed by atoms with van der Waals surface area (Å²) in [6.07, 6.45) is 3.26. The summed E-state index contributed by atoms with van der Waals surface area (Å²) in [7, 11) is 0. The fraction of sp³-hybridized carbons (Fsp3) is 0.0714. The minimum absolute atomic E-state index is 0.0405. The molecule has 1 heterocycles. The number of hydrogen-bond acceptors (Lipinski definition) is 8. The third-order valence-corrected chi connectivity index (χ3v) is 6.15.